The Morgan fingerprint density at radius 1 is 1.13 bits per heavy atom. The van der Waals surface area contributed by atoms with Crippen molar-refractivity contribution in [2.45, 2.75) is 20.3 Å². The third-order valence-corrected chi connectivity index (χ3v) is 4.88. The zero-order chi connectivity index (χ0) is 16.4. The lowest BCUT2D eigenvalue weighted by Crippen LogP contribution is -1.89. The van der Waals surface area contributed by atoms with Crippen LogP contribution in [-0.4, -0.2) is 16.6 Å². The van der Waals surface area contributed by atoms with Crippen LogP contribution in [0, 0.1) is 6.92 Å². The summed E-state index contributed by atoms with van der Waals surface area (Å²) >= 11 is 1.41. The first-order valence-corrected chi connectivity index (χ1v) is 8.33. The van der Waals surface area contributed by atoms with E-state index in [-0.39, 0.29) is 0 Å². The van der Waals surface area contributed by atoms with Crippen LogP contribution in [0.25, 0.3) is 21.6 Å². The van der Waals surface area contributed by atoms with E-state index in [1.165, 1.54) is 17.1 Å². The lowest BCUT2D eigenvalue weighted by Gasteiger charge is -2.10. The van der Waals surface area contributed by atoms with Crippen LogP contribution in [0.4, 0.5) is 0 Å². The van der Waals surface area contributed by atoms with Crippen molar-refractivity contribution in [3.8, 4) is 33.1 Å². The fraction of sp³-hybridized carbons (Fsp3) is 0.211. The largest absolute Gasteiger partial charge is 0.507 e. The van der Waals surface area contributed by atoms with Crippen LogP contribution in [0.15, 0.2) is 42.6 Å². The Hall–Kier alpha value is -2.33. The summed E-state index contributed by atoms with van der Waals surface area (Å²) < 4.78 is 9.55. The Morgan fingerprint density at radius 2 is 1.87 bits per heavy atom. The minimum absolute atomic E-state index is 0.304. The molecule has 4 heteroatoms. The van der Waals surface area contributed by atoms with E-state index in [0.717, 1.165) is 39.3 Å². The third-order valence-electron chi connectivity index (χ3n) is 4.05. The third kappa shape index (κ3) is 2.94. The zero-order valence-corrected chi connectivity index (χ0v) is 14.3. The van der Waals surface area contributed by atoms with Gasteiger partial charge in [-0.15, -0.1) is 0 Å². The van der Waals surface area contributed by atoms with Crippen molar-refractivity contribution in [2.75, 3.05) is 7.11 Å². The molecule has 0 radical (unpaired) electrons. The summed E-state index contributed by atoms with van der Waals surface area (Å²) in [6.45, 7) is 4.15. The zero-order valence-electron chi connectivity index (χ0n) is 13.5. The molecule has 3 aromatic rings. The predicted molar refractivity (Wildman–Crippen MR) is 95.3 cm³/mol. The summed E-state index contributed by atoms with van der Waals surface area (Å²) in [4.78, 5) is 0.988. The molecule has 118 valence electrons. The van der Waals surface area contributed by atoms with E-state index in [9.17, 15) is 5.11 Å². The Labute approximate surface area is 140 Å². The van der Waals surface area contributed by atoms with Crippen molar-refractivity contribution >= 4 is 11.5 Å². The number of ether oxygens (including phenoxy) is 1. The number of rotatable bonds is 4. The van der Waals surface area contributed by atoms with E-state index >= 15 is 0 Å². The van der Waals surface area contributed by atoms with Crippen LogP contribution in [0.3, 0.4) is 0 Å². The van der Waals surface area contributed by atoms with Crippen molar-refractivity contribution in [2.24, 2.45) is 0 Å². The standard InChI is InChI=1S/C19H19NO2S/c1-4-13-10-16(18(21)9-12(13)2)19-17(11-20-23-19)14-5-7-15(22-3)8-6-14/h5-11,21H,4H2,1-3H3. The van der Waals surface area contributed by atoms with Crippen LogP contribution in [0.2, 0.25) is 0 Å². The molecule has 1 N–H and O–H groups in total. The van der Waals surface area contributed by atoms with Gasteiger partial charge in [-0.2, -0.15) is 4.37 Å². The molecule has 0 saturated heterocycles. The summed E-state index contributed by atoms with van der Waals surface area (Å²) in [5.74, 6) is 1.13. The van der Waals surface area contributed by atoms with Gasteiger partial charge in [0.25, 0.3) is 0 Å². The molecule has 2 aromatic carbocycles. The maximum atomic E-state index is 10.4. The summed E-state index contributed by atoms with van der Waals surface area (Å²) in [7, 11) is 1.66. The first-order valence-electron chi connectivity index (χ1n) is 7.56. The number of phenolic OH excluding ortho intramolecular Hbond substituents is 1. The first-order chi connectivity index (χ1) is 11.1. The van der Waals surface area contributed by atoms with E-state index in [2.05, 4.69) is 17.4 Å². The molecule has 0 aliphatic heterocycles. The molecular weight excluding hydrogens is 306 g/mol. The van der Waals surface area contributed by atoms with Gasteiger partial charge in [-0.05, 0) is 65.8 Å². The normalized spacial score (nSPS) is 10.7. The van der Waals surface area contributed by atoms with E-state index in [4.69, 9.17) is 4.74 Å². The highest BCUT2D eigenvalue weighted by Crippen LogP contribution is 2.41. The predicted octanol–water partition coefficient (Wildman–Crippen LogP) is 5.06. The van der Waals surface area contributed by atoms with Gasteiger partial charge in [0.05, 0.1) is 12.0 Å². The molecule has 0 fully saturated rings. The number of aromatic nitrogens is 1. The van der Waals surface area contributed by atoms with E-state index in [1.54, 1.807) is 7.11 Å². The van der Waals surface area contributed by atoms with Gasteiger partial charge in [-0.25, -0.2) is 0 Å². The number of methoxy groups -OCH3 is 1. The summed E-state index contributed by atoms with van der Waals surface area (Å²) in [6, 6.07) is 11.8. The SMILES string of the molecule is CCc1cc(-c2sncc2-c2ccc(OC)cc2)c(O)cc1C. The molecule has 0 spiro atoms. The average molecular weight is 325 g/mol. The van der Waals surface area contributed by atoms with E-state index in [0.29, 0.717) is 5.75 Å². The fourth-order valence-electron chi connectivity index (χ4n) is 2.71. The molecule has 1 aromatic heterocycles. The highest BCUT2D eigenvalue weighted by atomic mass is 32.1. The van der Waals surface area contributed by atoms with Crippen molar-refractivity contribution in [1.29, 1.82) is 0 Å². The maximum absolute atomic E-state index is 10.4. The molecule has 0 amide bonds. The second-order valence-corrected chi connectivity index (χ2v) is 6.25. The average Bonchev–Trinajstić information content (AvgIpc) is 3.04. The molecule has 0 saturated carbocycles. The van der Waals surface area contributed by atoms with Gasteiger partial charge in [-0.1, -0.05) is 19.1 Å². The summed E-state index contributed by atoms with van der Waals surface area (Å²) in [5.41, 5.74) is 5.29. The van der Waals surface area contributed by atoms with Gasteiger partial charge in [0, 0.05) is 17.3 Å². The fourth-order valence-corrected chi connectivity index (χ4v) is 3.50. The highest BCUT2D eigenvalue weighted by molar-refractivity contribution is 7.10. The number of benzene rings is 2. The van der Waals surface area contributed by atoms with Crippen LogP contribution in [0.5, 0.6) is 11.5 Å². The van der Waals surface area contributed by atoms with Gasteiger partial charge in [0.15, 0.2) is 0 Å². The Bertz CT molecular complexity index is 822. The minimum atomic E-state index is 0.304. The topological polar surface area (TPSA) is 42.4 Å². The lowest BCUT2D eigenvalue weighted by molar-refractivity contribution is 0.415. The van der Waals surface area contributed by atoms with Crippen LogP contribution < -0.4 is 4.74 Å². The number of hydrogen-bond donors (Lipinski definition) is 1. The van der Waals surface area contributed by atoms with E-state index < -0.39 is 0 Å². The number of aromatic hydroxyl groups is 1. The van der Waals surface area contributed by atoms with Gasteiger partial charge in [-0.3, -0.25) is 0 Å². The number of nitrogens with zero attached hydrogens (tertiary/aromatic N) is 1. The molecule has 23 heavy (non-hydrogen) atoms. The number of phenols is 1. The van der Waals surface area contributed by atoms with Crippen molar-refractivity contribution in [1.82, 2.24) is 4.37 Å². The second kappa shape index (κ2) is 6.42. The van der Waals surface area contributed by atoms with Gasteiger partial charge < -0.3 is 9.84 Å². The number of aryl methyl sites for hydroxylation is 2. The second-order valence-electron chi connectivity index (χ2n) is 5.45. The molecule has 1 heterocycles. The molecule has 0 aliphatic carbocycles. The Kier molecular flexibility index (Phi) is 4.35. The van der Waals surface area contributed by atoms with Crippen molar-refractivity contribution < 1.29 is 9.84 Å². The summed E-state index contributed by atoms with van der Waals surface area (Å²) in [5, 5.41) is 10.4. The van der Waals surface area contributed by atoms with Gasteiger partial charge >= 0.3 is 0 Å². The lowest BCUT2D eigenvalue weighted by atomic mass is 9.98. The molecule has 0 unspecified atom stereocenters. The molecular formula is C19H19NO2S. The van der Waals surface area contributed by atoms with E-state index in [1.807, 2.05) is 43.5 Å². The van der Waals surface area contributed by atoms with Crippen LogP contribution in [-0.2, 0) is 6.42 Å². The van der Waals surface area contributed by atoms with Crippen LogP contribution in [0.1, 0.15) is 18.1 Å². The van der Waals surface area contributed by atoms with Crippen LogP contribution >= 0.6 is 11.5 Å². The molecule has 3 nitrogen and oxygen atoms in total. The molecule has 0 bridgehead atoms. The van der Waals surface area contributed by atoms with Crippen molar-refractivity contribution in [3.05, 3.63) is 53.7 Å². The first kappa shape index (κ1) is 15.6. The number of hydrogen-bond acceptors (Lipinski definition) is 4. The highest BCUT2D eigenvalue weighted by Gasteiger charge is 2.15. The molecule has 0 aliphatic rings. The Balaban J connectivity index is 2.10. The Morgan fingerprint density at radius 3 is 2.52 bits per heavy atom. The maximum Gasteiger partial charge on any atom is 0.124 e. The van der Waals surface area contributed by atoms with Gasteiger partial charge in [0.2, 0.25) is 0 Å². The summed E-state index contributed by atoms with van der Waals surface area (Å²) in [6.07, 6.45) is 2.79. The molecule has 3 rings (SSSR count). The monoisotopic (exact) mass is 325 g/mol. The quantitative estimate of drug-likeness (QED) is 0.729. The van der Waals surface area contributed by atoms with Crippen molar-refractivity contribution in [3.63, 3.8) is 0 Å². The smallest absolute Gasteiger partial charge is 0.124 e. The molecule has 0 atom stereocenters. The van der Waals surface area contributed by atoms with Gasteiger partial charge in [0.1, 0.15) is 11.5 Å². The minimum Gasteiger partial charge on any atom is -0.507 e.